The molecule has 0 radical (unpaired) electrons. The lowest BCUT2D eigenvalue weighted by molar-refractivity contribution is -0.157. The number of rotatable bonds is 4. The van der Waals surface area contributed by atoms with Gasteiger partial charge in [0.1, 0.15) is 5.92 Å². The van der Waals surface area contributed by atoms with E-state index >= 15 is 0 Å². The number of methoxy groups -OCH3 is 2. The standard InChI is InChI=1S/C22H24N2O4S/c1-5-13-9-6-7-11-15(13)24-21(29)23-18-14-10-8-12-16(26-3)19(14)28-22(24,2)17(18)20(25)27-4/h6-12,17-18H,5H2,1-4H3,(H,23,29)/t17-,18+,22+/m1/s1. The molecule has 2 aliphatic heterocycles. The zero-order chi connectivity index (χ0) is 20.8. The molecular weight excluding hydrogens is 388 g/mol. The molecule has 2 aromatic rings. The molecule has 0 spiro atoms. The summed E-state index contributed by atoms with van der Waals surface area (Å²) in [6, 6.07) is 13.3. The SMILES string of the molecule is CCc1ccccc1N1C(=S)N[C@H]2c3cccc(OC)c3O[C@@]1(C)[C@H]2C(=O)OC. The molecule has 2 heterocycles. The van der Waals surface area contributed by atoms with Crippen molar-refractivity contribution in [2.45, 2.75) is 32.0 Å². The van der Waals surface area contributed by atoms with Crippen LogP contribution in [0, 0.1) is 5.92 Å². The van der Waals surface area contributed by atoms with Gasteiger partial charge in [0.05, 0.1) is 25.9 Å². The van der Waals surface area contributed by atoms with Crippen molar-refractivity contribution < 1.29 is 19.0 Å². The van der Waals surface area contributed by atoms with Gasteiger partial charge in [-0.25, -0.2) is 0 Å². The van der Waals surface area contributed by atoms with Gasteiger partial charge in [0, 0.05) is 5.56 Å². The Kier molecular flexibility index (Phi) is 4.86. The second kappa shape index (κ2) is 7.22. The molecule has 2 aliphatic rings. The topological polar surface area (TPSA) is 60.0 Å². The minimum atomic E-state index is -1.09. The number of para-hydroxylation sites is 2. The summed E-state index contributed by atoms with van der Waals surface area (Å²) in [5.74, 6) is 0.223. The number of esters is 1. The minimum absolute atomic E-state index is 0.361. The van der Waals surface area contributed by atoms with Crippen LogP contribution in [0.4, 0.5) is 5.69 Å². The summed E-state index contributed by atoms with van der Waals surface area (Å²) in [6.45, 7) is 3.97. The first-order chi connectivity index (χ1) is 14.0. The fraction of sp³-hybridized carbons (Fsp3) is 0.364. The van der Waals surface area contributed by atoms with Crippen LogP contribution in [0.15, 0.2) is 42.5 Å². The van der Waals surface area contributed by atoms with E-state index in [0.717, 1.165) is 23.2 Å². The van der Waals surface area contributed by atoms with Gasteiger partial charge in [0.2, 0.25) is 5.72 Å². The Morgan fingerprint density at radius 2 is 2.00 bits per heavy atom. The summed E-state index contributed by atoms with van der Waals surface area (Å²) in [4.78, 5) is 14.8. The highest BCUT2D eigenvalue weighted by Crippen LogP contribution is 2.52. The fourth-order valence-corrected chi connectivity index (χ4v) is 4.82. The van der Waals surface area contributed by atoms with Crippen molar-refractivity contribution in [3.8, 4) is 11.5 Å². The van der Waals surface area contributed by atoms with Gasteiger partial charge in [-0.05, 0) is 43.3 Å². The van der Waals surface area contributed by atoms with Gasteiger partial charge in [-0.15, -0.1) is 0 Å². The van der Waals surface area contributed by atoms with E-state index in [-0.39, 0.29) is 12.0 Å². The second-order valence-corrected chi connectivity index (χ2v) is 7.67. The maximum Gasteiger partial charge on any atom is 0.317 e. The van der Waals surface area contributed by atoms with Gasteiger partial charge in [-0.2, -0.15) is 0 Å². The Morgan fingerprint density at radius 3 is 2.69 bits per heavy atom. The zero-order valence-corrected chi connectivity index (χ0v) is 17.7. The summed E-state index contributed by atoms with van der Waals surface area (Å²) >= 11 is 5.76. The van der Waals surface area contributed by atoms with Crippen molar-refractivity contribution in [3.63, 3.8) is 0 Å². The maximum absolute atomic E-state index is 12.9. The molecule has 1 saturated heterocycles. The summed E-state index contributed by atoms with van der Waals surface area (Å²) in [5.41, 5.74) is 1.74. The summed E-state index contributed by atoms with van der Waals surface area (Å²) < 4.78 is 17.3. The lowest BCUT2D eigenvalue weighted by Crippen LogP contribution is -2.71. The molecule has 0 saturated carbocycles. The number of aryl methyl sites for hydroxylation is 1. The summed E-state index contributed by atoms with van der Waals surface area (Å²) in [7, 11) is 3.00. The van der Waals surface area contributed by atoms with Crippen LogP contribution in [0.3, 0.4) is 0 Å². The lowest BCUT2D eigenvalue weighted by Gasteiger charge is -2.55. The van der Waals surface area contributed by atoms with Gasteiger partial charge in [0.15, 0.2) is 16.6 Å². The first-order valence-corrected chi connectivity index (χ1v) is 9.99. The van der Waals surface area contributed by atoms with E-state index in [1.165, 1.54) is 7.11 Å². The Bertz CT molecular complexity index is 979. The van der Waals surface area contributed by atoms with Gasteiger partial charge in [-0.1, -0.05) is 37.3 Å². The Labute approximate surface area is 175 Å². The zero-order valence-electron chi connectivity index (χ0n) is 16.9. The van der Waals surface area contributed by atoms with E-state index in [9.17, 15) is 4.79 Å². The molecule has 0 amide bonds. The highest BCUT2D eigenvalue weighted by Gasteiger charge is 2.60. The third-order valence-electron chi connectivity index (χ3n) is 5.78. The Morgan fingerprint density at radius 1 is 1.24 bits per heavy atom. The largest absolute Gasteiger partial charge is 0.493 e. The second-order valence-electron chi connectivity index (χ2n) is 7.28. The summed E-state index contributed by atoms with van der Waals surface area (Å²) in [6.07, 6.45) is 0.817. The van der Waals surface area contributed by atoms with E-state index in [1.807, 2.05) is 48.2 Å². The van der Waals surface area contributed by atoms with E-state index in [4.69, 9.17) is 26.4 Å². The minimum Gasteiger partial charge on any atom is -0.493 e. The highest BCUT2D eigenvalue weighted by atomic mass is 32.1. The van der Waals surface area contributed by atoms with Crippen LogP contribution < -0.4 is 19.7 Å². The molecule has 4 rings (SSSR count). The van der Waals surface area contributed by atoms with E-state index in [1.54, 1.807) is 7.11 Å². The third-order valence-corrected chi connectivity index (χ3v) is 6.08. The van der Waals surface area contributed by atoms with E-state index in [2.05, 4.69) is 18.3 Å². The van der Waals surface area contributed by atoms with Gasteiger partial charge < -0.3 is 19.5 Å². The first-order valence-electron chi connectivity index (χ1n) is 9.58. The van der Waals surface area contributed by atoms with Crippen LogP contribution in [0.5, 0.6) is 11.5 Å². The average molecular weight is 413 g/mol. The fourth-order valence-electron chi connectivity index (χ4n) is 4.41. The van der Waals surface area contributed by atoms with Crippen LogP contribution >= 0.6 is 12.2 Å². The van der Waals surface area contributed by atoms with Crippen molar-refractivity contribution in [3.05, 3.63) is 53.6 Å². The molecule has 3 atom stereocenters. The molecule has 0 aromatic heterocycles. The number of fused-ring (bicyclic) bond motifs is 4. The lowest BCUT2D eigenvalue weighted by atomic mass is 9.79. The molecule has 2 aromatic carbocycles. The molecule has 2 bridgehead atoms. The number of ether oxygens (including phenoxy) is 3. The first kappa shape index (κ1) is 19.5. The van der Waals surface area contributed by atoms with Crippen LogP contribution in [0.2, 0.25) is 0 Å². The molecule has 0 aliphatic carbocycles. The number of nitrogens with one attached hydrogen (secondary N) is 1. The molecule has 0 unspecified atom stereocenters. The molecule has 29 heavy (non-hydrogen) atoms. The predicted molar refractivity (Wildman–Crippen MR) is 114 cm³/mol. The van der Waals surface area contributed by atoms with Crippen LogP contribution in [-0.4, -0.2) is 31.0 Å². The smallest absolute Gasteiger partial charge is 0.317 e. The van der Waals surface area contributed by atoms with Crippen molar-refractivity contribution in [1.29, 1.82) is 0 Å². The molecule has 152 valence electrons. The number of benzene rings is 2. The average Bonchev–Trinajstić information content (AvgIpc) is 2.72. The van der Waals surface area contributed by atoms with Crippen LogP contribution in [0.25, 0.3) is 0 Å². The van der Waals surface area contributed by atoms with Crippen LogP contribution in [-0.2, 0) is 16.0 Å². The summed E-state index contributed by atoms with van der Waals surface area (Å²) in [5, 5.41) is 3.87. The van der Waals surface area contributed by atoms with Gasteiger partial charge in [-0.3, -0.25) is 9.69 Å². The normalized spacial score (nSPS) is 24.8. The monoisotopic (exact) mass is 412 g/mol. The van der Waals surface area contributed by atoms with Crippen molar-refractivity contribution >= 4 is 29.0 Å². The number of carbonyl (C=O) groups is 1. The van der Waals surface area contributed by atoms with Crippen molar-refractivity contribution in [2.24, 2.45) is 5.92 Å². The molecular formula is C22H24N2O4S. The Hall–Kier alpha value is -2.80. The van der Waals surface area contributed by atoms with Crippen LogP contribution in [0.1, 0.15) is 31.0 Å². The Balaban J connectivity index is 1.96. The third kappa shape index (κ3) is 2.83. The number of anilines is 1. The number of hydrogen-bond acceptors (Lipinski definition) is 5. The number of hydrogen-bond donors (Lipinski definition) is 1. The molecule has 1 fully saturated rings. The van der Waals surface area contributed by atoms with Gasteiger partial charge >= 0.3 is 5.97 Å². The van der Waals surface area contributed by atoms with E-state index in [0.29, 0.717) is 16.6 Å². The highest BCUT2D eigenvalue weighted by molar-refractivity contribution is 7.80. The van der Waals surface area contributed by atoms with Crippen molar-refractivity contribution in [1.82, 2.24) is 5.32 Å². The van der Waals surface area contributed by atoms with Gasteiger partial charge in [0.25, 0.3) is 0 Å². The number of nitrogens with zero attached hydrogens (tertiary/aromatic N) is 1. The van der Waals surface area contributed by atoms with Crippen molar-refractivity contribution in [2.75, 3.05) is 19.1 Å². The molecule has 1 N–H and O–H groups in total. The number of carbonyl (C=O) groups excluding carboxylic acids is 1. The molecule has 7 heteroatoms. The van der Waals surface area contributed by atoms with E-state index < -0.39 is 11.6 Å². The maximum atomic E-state index is 12.9. The number of thiocarbonyl (C=S) groups is 1. The quantitative estimate of drug-likeness (QED) is 0.608. The predicted octanol–water partition coefficient (Wildman–Crippen LogP) is 3.59. The molecule has 6 nitrogen and oxygen atoms in total.